The third kappa shape index (κ3) is 3.79. The number of aromatic nitrogens is 1. The van der Waals surface area contributed by atoms with Gasteiger partial charge in [0.15, 0.2) is 5.84 Å². The van der Waals surface area contributed by atoms with Crippen LogP contribution in [-0.4, -0.2) is 30.4 Å². The zero-order valence-corrected chi connectivity index (χ0v) is 18.9. The highest BCUT2D eigenvalue weighted by Gasteiger charge is 2.30. The number of nitrogens with one attached hydrogen (secondary N) is 1. The average molecular weight is 455 g/mol. The van der Waals surface area contributed by atoms with Crippen molar-refractivity contribution in [1.29, 1.82) is 0 Å². The minimum absolute atomic E-state index is 0.109. The summed E-state index contributed by atoms with van der Waals surface area (Å²) in [7, 11) is -3.55. The second-order valence-corrected chi connectivity index (χ2v) is 9.59. The van der Waals surface area contributed by atoms with E-state index in [9.17, 15) is 19.0 Å². The Kier molecular flexibility index (Phi) is 5.81. The summed E-state index contributed by atoms with van der Waals surface area (Å²) in [6, 6.07) is 13.5. The highest BCUT2D eigenvalue weighted by Crippen LogP contribution is 2.55. The molecule has 0 atom stereocenters. The number of amidine groups is 1. The molecule has 3 aromatic rings. The van der Waals surface area contributed by atoms with Crippen molar-refractivity contribution in [3.63, 3.8) is 0 Å². The number of hydrogen-bond donors (Lipinski definition) is 4. The minimum Gasteiger partial charge on any atom is -0.506 e. The molecule has 0 amide bonds. The molecule has 2 heterocycles. The molecule has 32 heavy (non-hydrogen) atoms. The van der Waals surface area contributed by atoms with Crippen LogP contribution in [0.15, 0.2) is 67.7 Å². The van der Waals surface area contributed by atoms with Crippen LogP contribution in [0, 0.1) is 5.92 Å². The molecule has 0 saturated heterocycles. The molecule has 0 aliphatic carbocycles. The number of hydrogen-bond acceptors (Lipinski definition) is 7. The normalized spacial score (nSPS) is 16.4. The van der Waals surface area contributed by atoms with Gasteiger partial charge in [0, 0.05) is 11.1 Å². The zero-order valence-electron chi connectivity index (χ0n) is 18.1. The van der Waals surface area contributed by atoms with E-state index < -0.39 is 16.3 Å². The van der Waals surface area contributed by atoms with Crippen LogP contribution in [-0.2, 0) is 0 Å². The van der Waals surface area contributed by atoms with E-state index >= 15 is 0 Å². The van der Waals surface area contributed by atoms with Gasteiger partial charge < -0.3 is 10.4 Å². The molecule has 4 N–H and O–H groups in total. The topological polar surface area (TPSA) is 119 Å². The zero-order chi connectivity index (χ0) is 23.0. The van der Waals surface area contributed by atoms with Crippen molar-refractivity contribution in [2.45, 2.75) is 38.5 Å². The molecule has 0 bridgehead atoms. The molecule has 9 heteroatoms. The number of para-hydroxylation sites is 2. The van der Waals surface area contributed by atoms with Crippen LogP contribution < -0.4 is 10.9 Å². The summed E-state index contributed by atoms with van der Waals surface area (Å²) >= 11 is 0. The molecule has 1 aliphatic rings. The molecule has 0 unspecified atom stereocenters. The first-order valence-electron chi connectivity index (χ1n) is 10.4. The van der Waals surface area contributed by atoms with Gasteiger partial charge in [0.1, 0.15) is 16.2 Å². The van der Waals surface area contributed by atoms with Crippen molar-refractivity contribution < 1.29 is 14.2 Å². The van der Waals surface area contributed by atoms with Crippen molar-refractivity contribution in [2.24, 2.45) is 15.4 Å². The summed E-state index contributed by atoms with van der Waals surface area (Å²) in [5.74, 6) is -0.274. The Hall–Kier alpha value is -3.14. The third-order valence-corrected chi connectivity index (χ3v) is 6.71. The quantitative estimate of drug-likeness (QED) is 0.392. The van der Waals surface area contributed by atoms with Crippen LogP contribution in [0.1, 0.15) is 39.2 Å². The highest BCUT2D eigenvalue weighted by molar-refractivity contribution is 8.23. The highest BCUT2D eigenvalue weighted by atomic mass is 32.3. The Labute approximate surface area is 187 Å². The second-order valence-electron chi connectivity index (χ2n) is 7.93. The van der Waals surface area contributed by atoms with E-state index in [1.807, 2.05) is 20.8 Å². The monoisotopic (exact) mass is 454 g/mol. The number of aromatic hydroxyl groups is 1. The SMILES string of the molecule is CCC/C(=N/n1c(=O)c(C2=NS(O)(O)c3ccccc3N2)c(O)c2ccccc21)C(C)C. The van der Waals surface area contributed by atoms with Gasteiger partial charge in [-0.15, -0.1) is 4.40 Å². The summed E-state index contributed by atoms with van der Waals surface area (Å²) in [6.45, 7) is 6.08. The van der Waals surface area contributed by atoms with Gasteiger partial charge in [0.2, 0.25) is 0 Å². The molecule has 168 valence electrons. The average Bonchev–Trinajstić information content (AvgIpc) is 2.75. The Balaban J connectivity index is 2.01. The lowest BCUT2D eigenvalue weighted by Gasteiger charge is -2.34. The van der Waals surface area contributed by atoms with Crippen molar-refractivity contribution in [1.82, 2.24) is 4.68 Å². The predicted molar refractivity (Wildman–Crippen MR) is 130 cm³/mol. The van der Waals surface area contributed by atoms with Gasteiger partial charge >= 0.3 is 0 Å². The Morgan fingerprint density at radius 1 is 1.16 bits per heavy atom. The smallest absolute Gasteiger partial charge is 0.286 e. The largest absolute Gasteiger partial charge is 0.506 e. The first-order chi connectivity index (χ1) is 15.2. The van der Waals surface area contributed by atoms with Crippen LogP contribution in [0.5, 0.6) is 5.75 Å². The van der Waals surface area contributed by atoms with Gasteiger partial charge in [-0.2, -0.15) is 9.78 Å². The fraction of sp³-hybridized carbons (Fsp3) is 0.261. The Morgan fingerprint density at radius 3 is 2.56 bits per heavy atom. The van der Waals surface area contributed by atoms with E-state index in [1.54, 1.807) is 48.5 Å². The van der Waals surface area contributed by atoms with Crippen molar-refractivity contribution in [3.05, 3.63) is 64.4 Å². The number of rotatable bonds is 5. The van der Waals surface area contributed by atoms with E-state index in [0.29, 0.717) is 16.6 Å². The van der Waals surface area contributed by atoms with Crippen LogP contribution in [0.4, 0.5) is 5.69 Å². The van der Waals surface area contributed by atoms with Gasteiger partial charge in [-0.1, -0.05) is 62.2 Å². The fourth-order valence-corrected chi connectivity index (χ4v) is 4.87. The van der Waals surface area contributed by atoms with E-state index in [1.165, 1.54) is 4.68 Å². The van der Waals surface area contributed by atoms with Crippen molar-refractivity contribution in [3.8, 4) is 5.75 Å². The lowest BCUT2D eigenvalue weighted by molar-refractivity contribution is 0.478. The summed E-state index contributed by atoms with van der Waals surface area (Å²) in [5.41, 5.74) is 0.951. The van der Waals surface area contributed by atoms with Gasteiger partial charge in [0.25, 0.3) is 5.56 Å². The molecule has 4 rings (SSSR count). The third-order valence-electron chi connectivity index (χ3n) is 5.32. The van der Waals surface area contributed by atoms with E-state index in [0.717, 1.165) is 18.6 Å². The molecule has 0 radical (unpaired) electrons. The fourth-order valence-electron chi connectivity index (χ4n) is 3.71. The molecule has 1 aliphatic heterocycles. The molecule has 1 aromatic heterocycles. The second kappa shape index (κ2) is 8.42. The van der Waals surface area contributed by atoms with Crippen LogP contribution in [0.3, 0.4) is 0 Å². The summed E-state index contributed by atoms with van der Waals surface area (Å²) in [6.07, 6.45) is 1.60. The predicted octanol–water partition coefficient (Wildman–Crippen LogP) is 5.26. The van der Waals surface area contributed by atoms with E-state index in [4.69, 9.17) is 0 Å². The van der Waals surface area contributed by atoms with Crippen molar-refractivity contribution in [2.75, 3.05) is 5.32 Å². The summed E-state index contributed by atoms with van der Waals surface area (Å²) < 4.78 is 26.5. The number of nitrogens with zero attached hydrogens (tertiary/aromatic N) is 3. The van der Waals surface area contributed by atoms with Gasteiger partial charge in [-0.05, 0) is 36.6 Å². The lowest BCUT2D eigenvalue weighted by atomic mass is 10.0. The maximum atomic E-state index is 13.6. The van der Waals surface area contributed by atoms with Gasteiger partial charge in [0.05, 0.1) is 11.2 Å². The number of fused-ring (bicyclic) bond motifs is 2. The van der Waals surface area contributed by atoms with Crippen LogP contribution in [0.25, 0.3) is 10.9 Å². The molecule has 0 fully saturated rings. The van der Waals surface area contributed by atoms with E-state index in [2.05, 4.69) is 14.8 Å². The Morgan fingerprint density at radius 2 is 1.84 bits per heavy atom. The molecular weight excluding hydrogens is 428 g/mol. The number of pyridine rings is 1. The van der Waals surface area contributed by atoms with Gasteiger partial charge in [-0.3, -0.25) is 13.9 Å². The van der Waals surface area contributed by atoms with Crippen LogP contribution >= 0.6 is 10.8 Å². The van der Waals surface area contributed by atoms with Crippen molar-refractivity contribution >= 4 is 38.9 Å². The summed E-state index contributed by atoms with van der Waals surface area (Å²) in [5, 5.41) is 19.1. The van der Waals surface area contributed by atoms with E-state index in [-0.39, 0.29) is 28.0 Å². The maximum Gasteiger partial charge on any atom is 0.286 e. The lowest BCUT2D eigenvalue weighted by Crippen LogP contribution is -2.31. The molecule has 0 saturated carbocycles. The Bertz CT molecular complexity index is 1310. The molecule has 0 spiro atoms. The first-order valence-corrected chi connectivity index (χ1v) is 11.9. The molecule has 2 aromatic carbocycles. The summed E-state index contributed by atoms with van der Waals surface area (Å²) in [4.78, 5) is 13.8. The number of benzene rings is 2. The van der Waals surface area contributed by atoms with Gasteiger partial charge in [-0.25, -0.2) is 0 Å². The maximum absolute atomic E-state index is 13.6. The standard InChI is InChI=1S/C23H26N4O4S/c1-4-9-16(14(2)3)25-27-18-12-7-5-10-15(18)21(28)20(23(27)29)22-24-17-11-6-8-13-19(17)32(30,31)26-22/h5-8,10-14,28,30-31H,4,9H2,1-3H3,(H,24,26)/b25-16-. The molecule has 8 nitrogen and oxygen atoms in total. The molecular formula is C23H26N4O4S. The number of anilines is 1. The first kappa shape index (κ1) is 22.1. The van der Waals surface area contributed by atoms with Crippen LogP contribution in [0.2, 0.25) is 0 Å². The minimum atomic E-state index is -3.55.